The Morgan fingerprint density at radius 3 is 2.60 bits per heavy atom. The first kappa shape index (κ1) is 14.8. The predicted molar refractivity (Wildman–Crippen MR) is 75.7 cm³/mol. The van der Waals surface area contributed by atoms with Crippen molar-refractivity contribution in [2.75, 3.05) is 7.11 Å². The molecule has 0 spiro atoms. The van der Waals surface area contributed by atoms with E-state index in [1.54, 1.807) is 6.92 Å². The van der Waals surface area contributed by atoms with Crippen molar-refractivity contribution in [1.29, 1.82) is 0 Å². The molecule has 0 aliphatic heterocycles. The van der Waals surface area contributed by atoms with Crippen molar-refractivity contribution in [2.24, 2.45) is 0 Å². The van der Waals surface area contributed by atoms with Crippen molar-refractivity contribution in [1.82, 2.24) is 4.98 Å². The number of nitrogens with zero attached hydrogens (tertiary/aromatic N) is 1. The number of rotatable bonds is 2. The van der Waals surface area contributed by atoms with Gasteiger partial charge in [0.15, 0.2) is 5.69 Å². The van der Waals surface area contributed by atoms with Gasteiger partial charge in [-0.3, -0.25) is 0 Å². The number of pyridine rings is 1. The van der Waals surface area contributed by atoms with E-state index >= 15 is 0 Å². The average Bonchev–Trinajstić information content (AvgIpc) is 2.43. The van der Waals surface area contributed by atoms with Crippen LogP contribution in [0.15, 0.2) is 24.3 Å². The summed E-state index contributed by atoms with van der Waals surface area (Å²) in [4.78, 5) is 15.6. The molecule has 0 saturated carbocycles. The van der Waals surface area contributed by atoms with Crippen molar-refractivity contribution in [3.8, 4) is 11.3 Å². The van der Waals surface area contributed by atoms with Gasteiger partial charge < -0.3 is 4.74 Å². The molecular formula is C14H10Cl2FNO2. The lowest BCUT2D eigenvalue weighted by atomic mass is 10.1. The Morgan fingerprint density at radius 2 is 1.95 bits per heavy atom. The summed E-state index contributed by atoms with van der Waals surface area (Å²) in [5.74, 6) is -1.16. The lowest BCUT2D eigenvalue weighted by Crippen LogP contribution is -2.06. The molecule has 0 aliphatic rings. The van der Waals surface area contributed by atoms with E-state index in [0.717, 1.165) is 0 Å². The molecule has 2 rings (SSSR count). The summed E-state index contributed by atoms with van der Waals surface area (Å²) in [5.41, 5.74) is 1.01. The summed E-state index contributed by atoms with van der Waals surface area (Å²) < 4.78 is 18.6. The van der Waals surface area contributed by atoms with Crippen molar-refractivity contribution in [2.45, 2.75) is 6.92 Å². The smallest absolute Gasteiger partial charge is 0.358 e. The third kappa shape index (κ3) is 2.76. The van der Waals surface area contributed by atoms with Gasteiger partial charge in [-0.05, 0) is 36.8 Å². The molecule has 20 heavy (non-hydrogen) atoms. The van der Waals surface area contributed by atoms with E-state index in [0.29, 0.717) is 10.6 Å². The van der Waals surface area contributed by atoms with E-state index in [-0.39, 0.29) is 22.0 Å². The topological polar surface area (TPSA) is 39.2 Å². The molecule has 104 valence electrons. The molecule has 0 N–H and O–H groups in total. The van der Waals surface area contributed by atoms with Crippen molar-refractivity contribution < 1.29 is 13.9 Å². The maximum absolute atomic E-state index is 14.0. The van der Waals surface area contributed by atoms with Gasteiger partial charge in [-0.15, -0.1) is 0 Å². The second-order valence-electron chi connectivity index (χ2n) is 4.10. The van der Waals surface area contributed by atoms with E-state index in [2.05, 4.69) is 9.72 Å². The van der Waals surface area contributed by atoms with Crippen LogP contribution in [-0.2, 0) is 4.74 Å². The first-order chi connectivity index (χ1) is 9.43. The number of aryl methyl sites for hydroxylation is 1. The Kier molecular flexibility index (Phi) is 4.26. The molecule has 1 heterocycles. The van der Waals surface area contributed by atoms with E-state index in [4.69, 9.17) is 23.2 Å². The maximum atomic E-state index is 14.0. The standard InChI is InChI=1S/C14H10Cl2FNO2/c1-7-5-11(17)8(6-10(7)16)12-4-3-9(15)13(18-12)14(19)20-2/h3-6H,1-2H3. The summed E-state index contributed by atoms with van der Waals surface area (Å²) in [5, 5.41) is 0.553. The number of hydrogen-bond acceptors (Lipinski definition) is 3. The molecule has 0 saturated heterocycles. The van der Waals surface area contributed by atoms with Gasteiger partial charge in [-0.2, -0.15) is 0 Å². The number of ether oxygens (including phenoxy) is 1. The molecule has 0 amide bonds. The quantitative estimate of drug-likeness (QED) is 0.776. The number of methoxy groups -OCH3 is 1. The summed E-state index contributed by atoms with van der Waals surface area (Å²) in [7, 11) is 1.22. The van der Waals surface area contributed by atoms with Crippen LogP contribution in [0.5, 0.6) is 0 Å². The zero-order chi connectivity index (χ0) is 14.9. The highest BCUT2D eigenvalue weighted by Gasteiger charge is 2.16. The number of hydrogen-bond donors (Lipinski definition) is 0. The minimum Gasteiger partial charge on any atom is -0.464 e. The van der Waals surface area contributed by atoms with Gasteiger partial charge in [0.25, 0.3) is 0 Å². The highest BCUT2D eigenvalue weighted by atomic mass is 35.5. The van der Waals surface area contributed by atoms with Crippen LogP contribution in [0.2, 0.25) is 10.0 Å². The van der Waals surface area contributed by atoms with Gasteiger partial charge in [-0.25, -0.2) is 14.2 Å². The number of carbonyl (C=O) groups excluding carboxylic acids is 1. The third-order valence-electron chi connectivity index (χ3n) is 2.75. The summed E-state index contributed by atoms with van der Waals surface area (Å²) in [6.07, 6.45) is 0. The molecule has 1 aromatic carbocycles. The molecule has 0 aliphatic carbocycles. The normalized spacial score (nSPS) is 10.4. The van der Waals surface area contributed by atoms with Gasteiger partial charge >= 0.3 is 5.97 Å². The monoisotopic (exact) mass is 313 g/mol. The van der Waals surface area contributed by atoms with Crippen LogP contribution < -0.4 is 0 Å². The molecule has 0 unspecified atom stereocenters. The van der Waals surface area contributed by atoms with Gasteiger partial charge in [0.1, 0.15) is 5.82 Å². The second kappa shape index (κ2) is 5.77. The van der Waals surface area contributed by atoms with Crippen LogP contribution in [0.1, 0.15) is 16.1 Å². The Morgan fingerprint density at radius 1 is 1.25 bits per heavy atom. The summed E-state index contributed by atoms with van der Waals surface area (Å²) in [6.45, 7) is 1.70. The zero-order valence-electron chi connectivity index (χ0n) is 10.7. The molecule has 0 bridgehead atoms. The van der Waals surface area contributed by atoms with Crippen molar-refractivity contribution >= 4 is 29.2 Å². The van der Waals surface area contributed by atoms with E-state index in [1.807, 2.05) is 0 Å². The maximum Gasteiger partial charge on any atom is 0.358 e. The number of esters is 1. The van der Waals surface area contributed by atoms with Gasteiger partial charge in [0.05, 0.1) is 17.8 Å². The minimum atomic E-state index is -0.685. The minimum absolute atomic E-state index is 0.0669. The van der Waals surface area contributed by atoms with Crippen LogP contribution in [0, 0.1) is 12.7 Å². The van der Waals surface area contributed by atoms with Crippen LogP contribution >= 0.6 is 23.2 Å². The number of halogens is 3. The molecule has 1 aromatic heterocycles. The highest BCUT2D eigenvalue weighted by molar-refractivity contribution is 6.33. The molecule has 0 atom stereocenters. The number of benzene rings is 1. The van der Waals surface area contributed by atoms with E-state index < -0.39 is 11.8 Å². The van der Waals surface area contributed by atoms with Gasteiger partial charge in [-0.1, -0.05) is 23.2 Å². The van der Waals surface area contributed by atoms with Crippen LogP contribution in [-0.4, -0.2) is 18.1 Å². The fourth-order valence-corrected chi connectivity index (χ4v) is 2.02. The Bertz CT molecular complexity index is 689. The first-order valence-corrected chi connectivity index (χ1v) is 6.40. The Balaban J connectivity index is 2.59. The van der Waals surface area contributed by atoms with E-state index in [1.165, 1.54) is 31.4 Å². The average molecular weight is 314 g/mol. The SMILES string of the molecule is COC(=O)c1nc(-c2cc(Cl)c(C)cc2F)ccc1Cl. The van der Waals surface area contributed by atoms with Gasteiger partial charge in [0, 0.05) is 10.6 Å². The van der Waals surface area contributed by atoms with Crippen LogP contribution in [0.4, 0.5) is 4.39 Å². The fraction of sp³-hybridized carbons (Fsp3) is 0.143. The molecule has 3 nitrogen and oxygen atoms in total. The van der Waals surface area contributed by atoms with Crippen molar-refractivity contribution in [3.63, 3.8) is 0 Å². The van der Waals surface area contributed by atoms with Crippen LogP contribution in [0.25, 0.3) is 11.3 Å². The third-order valence-corrected chi connectivity index (χ3v) is 3.46. The largest absolute Gasteiger partial charge is 0.464 e. The summed E-state index contributed by atoms with van der Waals surface area (Å²) >= 11 is 11.9. The summed E-state index contributed by atoms with van der Waals surface area (Å²) in [6, 6.07) is 5.75. The molecule has 6 heteroatoms. The Labute approximate surface area is 125 Å². The Hall–Kier alpha value is -1.65. The first-order valence-electron chi connectivity index (χ1n) is 5.65. The molecule has 0 fully saturated rings. The molecular weight excluding hydrogens is 304 g/mol. The fourth-order valence-electron chi connectivity index (χ4n) is 1.67. The van der Waals surface area contributed by atoms with Gasteiger partial charge in [0.2, 0.25) is 0 Å². The number of carbonyl (C=O) groups is 1. The second-order valence-corrected chi connectivity index (χ2v) is 4.91. The predicted octanol–water partition coefficient (Wildman–Crippen LogP) is 4.29. The lowest BCUT2D eigenvalue weighted by molar-refractivity contribution is 0.0594. The highest BCUT2D eigenvalue weighted by Crippen LogP contribution is 2.29. The van der Waals surface area contributed by atoms with E-state index in [9.17, 15) is 9.18 Å². The zero-order valence-corrected chi connectivity index (χ0v) is 12.2. The number of aromatic nitrogens is 1. The lowest BCUT2D eigenvalue weighted by Gasteiger charge is -2.08. The molecule has 2 aromatic rings. The van der Waals surface area contributed by atoms with Crippen molar-refractivity contribution in [3.05, 3.63) is 51.4 Å². The molecule has 0 radical (unpaired) electrons. The van der Waals surface area contributed by atoms with Crippen LogP contribution in [0.3, 0.4) is 0 Å².